The Balaban J connectivity index is 1.73. The van der Waals surface area contributed by atoms with Gasteiger partial charge in [-0.2, -0.15) is 0 Å². The van der Waals surface area contributed by atoms with Crippen molar-refractivity contribution in [3.8, 4) is 28.4 Å². The van der Waals surface area contributed by atoms with E-state index in [1.165, 1.54) is 13.0 Å². The van der Waals surface area contributed by atoms with Gasteiger partial charge in [0.05, 0.1) is 27.1 Å². The molecule has 7 nitrogen and oxygen atoms in total. The number of carbonyl (C=O) groups is 2. The molecule has 0 aliphatic rings. The highest BCUT2D eigenvalue weighted by Gasteiger charge is 2.18. The minimum Gasteiger partial charge on any atom is -0.497 e. The number of hydrogen-bond donors (Lipinski definition) is 1. The average Bonchev–Trinajstić information content (AvgIpc) is 3.30. The summed E-state index contributed by atoms with van der Waals surface area (Å²) in [4.78, 5) is 24.3. The minimum atomic E-state index is -0.294. The number of rotatable bonds is 9. The Hall–Kier alpha value is -4.52. The van der Waals surface area contributed by atoms with Crippen LogP contribution in [-0.2, 0) is 4.79 Å². The first-order valence-corrected chi connectivity index (χ1v) is 11.9. The van der Waals surface area contributed by atoms with Gasteiger partial charge in [0, 0.05) is 45.5 Å². The molecule has 0 bridgehead atoms. The molecule has 0 aliphatic heterocycles. The maximum Gasteiger partial charge on any atom is 0.248 e. The number of ether oxygens (including phenoxy) is 3. The maximum atomic E-state index is 12.8. The van der Waals surface area contributed by atoms with Gasteiger partial charge in [-0.05, 0) is 74.9 Å². The topological polar surface area (TPSA) is 87.0 Å². The van der Waals surface area contributed by atoms with Crippen molar-refractivity contribution in [2.75, 3.05) is 26.1 Å². The van der Waals surface area contributed by atoms with Crippen LogP contribution < -0.4 is 19.5 Å². The zero-order valence-corrected chi connectivity index (χ0v) is 21.5. The number of benzene rings is 3. The van der Waals surface area contributed by atoms with Crippen LogP contribution in [0.2, 0.25) is 0 Å². The average molecular weight is 500 g/mol. The van der Waals surface area contributed by atoms with Gasteiger partial charge in [0.25, 0.3) is 0 Å². The van der Waals surface area contributed by atoms with E-state index in [-0.39, 0.29) is 11.7 Å². The Labute approximate surface area is 215 Å². The van der Waals surface area contributed by atoms with E-state index >= 15 is 0 Å². The molecule has 190 valence electrons. The van der Waals surface area contributed by atoms with Gasteiger partial charge in [-0.1, -0.05) is 0 Å². The van der Waals surface area contributed by atoms with Crippen LogP contribution in [0.25, 0.3) is 27.7 Å². The molecule has 0 aliphatic carbocycles. The normalized spacial score (nSPS) is 11.3. The molecule has 3 aromatic carbocycles. The van der Waals surface area contributed by atoms with Crippen molar-refractivity contribution in [1.82, 2.24) is 0 Å². The van der Waals surface area contributed by atoms with Gasteiger partial charge in [0.2, 0.25) is 5.91 Å². The molecule has 4 rings (SSSR count). The van der Waals surface area contributed by atoms with Crippen LogP contribution in [0.3, 0.4) is 0 Å². The third-order valence-corrected chi connectivity index (χ3v) is 6.00. The maximum absolute atomic E-state index is 12.8. The molecule has 1 N–H and O–H groups in total. The summed E-state index contributed by atoms with van der Waals surface area (Å²) in [6.45, 7) is 5.72. The van der Waals surface area contributed by atoms with E-state index in [1.54, 1.807) is 44.7 Å². The van der Waals surface area contributed by atoms with Gasteiger partial charge in [-0.25, -0.2) is 0 Å². The minimum absolute atomic E-state index is 0.0300. The van der Waals surface area contributed by atoms with Crippen molar-refractivity contribution in [3.05, 3.63) is 78.1 Å². The third-order valence-electron chi connectivity index (χ3n) is 6.00. The highest BCUT2D eigenvalue weighted by molar-refractivity contribution is 6.06. The van der Waals surface area contributed by atoms with Crippen LogP contribution >= 0.6 is 0 Å². The number of Topliss-reactive ketones (excluding diaryl/α,β-unsaturated/α-hetero) is 1. The first-order chi connectivity index (χ1) is 17.8. The third kappa shape index (κ3) is 5.51. The van der Waals surface area contributed by atoms with Crippen LogP contribution in [0, 0.1) is 0 Å². The van der Waals surface area contributed by atoms with Crippen LogP contribution in [0.15, 0.2) is 71.4 Å². The lowest BCUT2D eigenvalue weighted by atomic mass is 9.98. The lowest BCUT2D eigenvalue weighted by Crippen LogP contribution is -2.09. The summed E-state index contributed by atoms with van der Waals surface area (Å²) in [6, 6.07) is 16.1. The second-order valence-corrected chi connectivity index (χ2v) is 8.44. The first kappa shape index (κ1) is 25.6. The molecule has 0 spiro atoms. The Bertz CT molecular complexity index is 1480. The van der Waals surface area contributed by atoms with E-state index in [1.807, 2.05) is 44.2 Å². The Morgan fingerprint density at radius 2 is 1.68 bits per heavy atom. The number of amides is 1. The summed E-state index contributed by atoms with van der Waals surface area (Å²) < 4.78 is 22.8. The van der Waals surface area contributed by atoms with Gasteiger partial charge in [0.1, 0.15) is 22.8 Å². The summed E-state index contributed by atoms with van der Waals surface area (Å²) in [5, 5.41) is 3.69. The Morgan fingerprint density at radius 1 is 0.919 bits per heavy atom. The number of carbonyl (C=O) groups excluding carboxylic acids is 2. The van der Waals surface area contributed by atoms with E-state index in [4.69, 9.17) is 18.6 Å². The highest BCUT2D eigenvalue weighted by Crippen LogP contribution is 2.41. The molecule has 0 saturated heterocycles. The van der Waals surface area contributed by atoms with E-state index < -0.39 is 0 Å². The Morgan fingerprint density at radius 3 is 2.32 bits per heavy atom. The predicted octanol–water partition coefficient (Wildman–Crippen LogP) is 6.76. The van der Waals surface area contributed by atoms with Crippen molar-refractivity contribution in [2.24, 2.45) is 0 Å². The lowest BCUT2D eigenvalue weighted by Gasteiger charge is -2.13. The van der Waals surface area contributed by atoms with E-state index in [0.717, 1.165) is 22.1 Å². The molecule has 0 radical (unpaired) electrons. The van der Waals surface area contributed by atoms with Crippen molar-refractivity contribution in [3.63, 3.8) is 0 Å². The molecular formula is C30H29NO6. The van der Waals surface area contributed by atoms with Gasteiger partial charge in [-0.3, -0.25) is 9.59 Å². The number of furan rings is 1. The standard InChI is InChI=1S/C30H29NO6/c1-6-36-28-16-29-25(26(17-37-29)24-14-22(34-4)11-12-27(24)35-5)15-23(28)18(2)13-30(33)31-21-9-7-20(8-10-21)19(3)32/h7-17H,6H2,1-5H3,(H,31,33)/b18-13+. The first-order valence-electron chi connectivity index (χ1n) is 11.9. The molecule has 37 heavy (non-hydrogen) atoms. The number of hydrogen-bond acceptors (Lipinski definition) is 6. The summed E-state index contributed by atoms with van der Waals surface area (Å²) in [6.07, 6.45) is 3.20. The molecule has 0 fully saturated rings. The number of anilines is 1. The van der Waals surface area contributed by atoms with Gasteiger partial charge >= 0.3 is 0 Å². The van der Waals surface area contributed by atoms with Crippen molar-refractivity contribution < 1.29 is 28.2 Å². The molecule has 1 amide bonds. The van der Waals surface area contributed by atoms with E-state index in [9.17, 15) is 9.59 Å². The van der Waals surface area contributed by atoms with Crippen molar-refractivity contribution >= 4 is 33.9 Å². The number of ketones is 1. The number of allylic oxidation sites excluding steroid dienone is 1. The van der Waals surface area contributed by atoms with E-state index in [0.29, 0.717) is 46.3 Å². The molecule has 1 heterocycles. The molecule has 0 saturated carbocycles. The summed E-state index contributed by atoms with van der Waals surface area (Å²) in [7, 11) is 3.23. The molecule has 4 aromatic rings. The fourth-order valence-corrected chi connectivity index (χ4v) is 4.11. The van der Waals surface area contributed by atoms with Crippen LogP contribution in [-0.4, -0.2) is 32.5 Å². The fraction of sp³-hybridized carbons (Fsp3) is 0.200. The largest absolute Gasteiger partial charge is 0.497 e. The second kappa shape index (κ2) is 11.0. The smallest absolute Gasteiger partial charge is 0.248 e. The summed E-state index contributed by atoms with van der Waals surface area (Å²) >= 11 is 0. The highest BCUT2D eigenvalue weighted by atomic mass is 16.5. The van der Waals surface area contributed by atoms with Gasteiger partial charge in [-0.15, -0.1) is 0 Å². The lowest BCUT2D eigenvalue weighted by molar-refractivity contribution is -0.111. The van der Waals surface area contributed by atoms with Crippen molar-refractivity contribution in [2.45, 2.75) is 20.8 Å². The predicted molar refractivity (Wildman–Crippen MR) is 145 cm³/mol. The monoisotopic (exact) mass is 499 g/mol. The fourth-order valence-electron chi connectivity index (χ4n) is 4.11. The number of fused-ring (bicyclic) bond motifs is 1. The van der Waals surface area contributed by atoms with Crippen LogP contribution in [0.1, 0.15) is 36.7 Å². The van der Waals surface area contributed by atoms with Crippen molar-refractivity contribution in [1.29, 1.82) is 0 Å². The summed E-state index contributed by atoms with van der Waals surface area (Å²) in [5.41, 5.74) is 4.97. The van der Waals surface area contributed by atoms with Gasteiger partial charge in [0.15, 0.2) is 5.78 Å². The molecule has 0 unspecified atom stereocenters. The molecule has 7 heteroatoms. The Kier molecular flexibility index (Phi) is 7.63. The van der Waals surface area contributed by atoms with Gasteiger partial charge < -0.3 is 23.9 Å². The SMILES string of the molecule is CCOc1cc2occ(-c3cc(OC)ccc3OC)c2cc1/C(C)=C/C(=O)Nc1ccc(C(C)=O)cc1. The van der Waals surface area contributed by atoms with Crippen LogP contribution in [0.4, 0.5) is 5.69 Å². The molecule has 0 atom stereocenters. The van der Waals surface area contributed by atoms with Crippen LogP contribution in [0.5, 0.6) is 17.2 Å². The molecule has 1 aromatic heterocycles. The quantitative estimate of drug-likeness (QED) is 0.202. The zero-order valence-electron chi connectivity index (χ0n) is 21.5. The summed E-state index contributed by atoms with van der Waals surface area (Å²) in [5.74, 6) is 1.66. The van der Waals surface area contributed by atoms with E-state index in [2.05, 4.69) is 5.32 Å². The zero-order chi connectivity index (χ0) is 26.5. The molecular weight excluding hydrogens is 470 g/mol. The number of methoxy groups -OCH3 is 2. The second-order valence-electron chi connectivity index (χ2n) is 8.44. The number of nitrogens with one attached hydrogen (secondary N) is 1.